The molecular formula is C23H16ClFN2O. The van der Waals surface area contributed by atoms with Gasteiger partial charge in [0.15, 0.2) is 0 Å². The summed E-state index contributed by atoms with van der Waals surface area (Å²) in [6.07, 6.45) is 3.49. The average molecular weight is 391 g/mol. The standard InChI is InChI=1S/C23H16ClFN2O/c1-13-2-3-15(23(26)28)9-20(13)14-4-6-18-16(8-14)11-27-12-21(18)19-7-5-17(25)10-22(19)24/h2-12H,1H3,(H2,26,28). The number of hydrogen-bond acceptors (Lipinski definition) is 2. The van der Waals surface area contributed by atoms with E-state index in [9.17, 15) is 9.18 Å². The van der Waals surface area contributed by atoms with Crippen molar-refractivity contribution < 1.29 is 9.18 Å². The Labute approximate surface area is 166 Å². The van der Waals surface area contributed by atoms with Gasteiger partial charge in [-0.15, -0.1) is 0 Å². The van der Waals surface area contributed by atoms with Crippen LogP contribution in [0, 0.1) is 12.7 Å². The van der Waals surface area contributed by atoms with Crippen LogP contribution in [-0.4, -0.2) is 10.9 Å². The van der Waals surface area contributed by atoms with Gasteiger partial charge >= 0.3 is 0 Å². The lowest BCUT2D eigenvalue weighted by atomic mass is 9.94. The van der Waals surface area contributed by atoms with Gasteiger partial charge in [-0.05, 0) is 65.4 Å². The van der Waals surface area contributed by atoms with E-state index in [4.69, 9.17) is 17.3 Å². The fourth-order valence-electron chi connectivity index (χ4n) is 3.35. The number of fused-ring (bicyclic) bond motifs is 1. The lowest BCUT2D eigenvalue weighted by Gasteiger charge is -2.12. The zero-order valence-corrected chi connectivity index (χ0v) is 15.8. The Morgan fingerprint density at radius 3 is 2.54 bits per heavy atom. The minimum atomic E-state index is -0.461. The Morgan fingerprint density at radius 2 is 1.79 bits per heavy atom. The van der Waals surface area contributed by atoms with E-state index in [2.05, 4.69) is 4.98 Å². The SMILES string of the molecule is Cc1ccc(C(N)=O)cc1-c1ccc2c(-c3ccc(F)cc3Cl)cncc2c1. The molecule has 1 aromatic heterocycles. The van der Waals surface area contributed by atoms with Crippen LogP contribution in [0.25, 0.3) is 33.0 Å². The topological polar surface area (TPSA) is 56.0 Å². The lowest BCUT2D eigenvalue weighted by molar-refractivity contribution is 0.100. The summed E-state index contributed by atoms with van der Waals surface area (Å²) in [6, 6.07) is 15.7. The van der Waals surface area contributed by atoms with Gasteiger partial charge in [0.1, 0.15) is 5.82 Å². The van der Waals surface area contributed by atoms with Gasteiger partial charge in [-0.2, -0.15) is 0 Å². The summed E-state index contributed by atoms with van der Waals surface area (Å²) in [7, 11) is 0. The first-order chi connectivity index (χ1) is 13.4. The van der Waals surface area contributed by atoms with Crippen LogP contribution in [-0.2, 0) is 0 Å². The van der Waals surface area contributed by atoms with Crippen molar-refractivity contribution in [2.45, 2.75) is 6.92 Å². The van der Waals surface area contributed by atoms with Crippen LogP contribution in [0.2, 0.25) is 5.02 Å². The smallest absolute Gasteiger partial charge is 0.248 e. The van der Waals surface area contributed by atoms with Crippen molar-refractivity contribution in [3.63, 3.8) is 0 Å². The van der Waals surface area contributed by atoms with E-state index in [1.54, 1.807) is 30.6 Å². The highest BCUT2D eigenvalue weighted by Gasteiger charge is 2.12. The Balaban J connectivity index is 1.88. The number of benzene rings is 3. The highest BCUT2D eigenvalue weighted by molar-refractivity contribution is 6.33. The van der Waals surface area contributed by atoms with Crippen molar-refractivity contribution in [3.8, 4) is 22.3 Å². The van der Waals surface area contributed by atoms with Gasteiger partial charge in [-0.3, -0.25) is 9.78 Å². The van der Waals surface area contributed by atoms with E-state index < -0.39 is 5.91 Å². The maximum atomic E-state index is 13.4. The van der Waals surface area contributed by atoms with Crippen molar-refractivity contribution in [3.05, 3.63) is 89.0 Å². The molecule has 4 aromatic rings. The number of nitrogens with two attached hydrogens (primary N) is 1. The fraction of sp³-hybridized carbons (Fsp3) is 0.0435. The van der Waals surface area contributed by atoms with E-state index in [0.717, 1.165) is 38.6 Å². The Morgan fingerprint density at radius 1 is 0.964 bits per heavy atom. The van der Waals surface area contributed by atoms with Crippen molar-refractivity contribution in [2.24, 2.45) is 5.73 Å². The number of carbonyl (C=O) groups is 1. The maximum absolute atomic E-state index is 13.4. The number of rotatable bonds is 3. The molecule has 138 valence electrons. The van der Waals surface area contributed by atoms with Crippen molar-refractivity contribution in [1.82, 2.24) is 4.98 Å². The van der Waals surface area contributed by atoms with Gasteiger partial charge in [-0.1, -0.05) is 29.8 Å². The molecule has 1 heterocycles. The maximum Gasteiger partial charge on any atom is 0.248 e. The molecule has 3 nitrogen and oxygen atoms in total. The van der Waals surface area contributed by atoms with Gasteiger partial charge in [0.05, 0.1) is 5.02 Å². The van der Waals surface area contributed by atoms with Gasteiger partial charge in [0.25, 0.3) is 0 Å². The van der Waals surface area contributed by atoms with E-state index in [1.165, 1.54) is 12.1 Å². The van der Waals surface area contributed by atoms with Gasteiger partial charge in [0, 0.05) is 34.5 Å². The first-order valence-electron chi connectivity index (χ1n) is 8.68. The molecule has 28 heavy (non-hydrogen) atoms. The third-order valence-corrected chi connectivity index (χ3v) is 5.13. The van der Waals surface area contributed by atoms with E-state index in [1.807, 2.05) is 31.2 Å². The van der Waals surface area contributed by atoms with Crippen molar-refractivity contribution >= 4 is 28.3 Å². The van der Waals surface area contributed by atoms with Crippen molar-refractivity contribution in [2.75, 3.05) is 0 Å². The third kappa shape index (κ3) is 3.23. The van der Waals surface area contributed by atoms with Crippen LogP contribution in [0.4, 0.5) is 4.39 Å². The summed E-state index contributed by atoms with van der Waals surface area (Å²) < 4.78 is 13.4. The molecule has 5 heteroatoms. The highest BCUT2D eigenvalue weighted by atomic mass is 35.5. The quantitative estimate of drug-likeness (QED) is 0.483. The number of pyridine rings is 1. The van der Waals surface area contributed by atoms with Crippen LogP contribution < -0.4 is 5.73 Å². The van der Waals surface area contributed by atoms with E-state index >= 15 is 0 Å². The average Bonchev–Trinajstić information content (AvgIpc) is 2.67. The van der Waals surface area contributed by atoms with Crippen LogP contribution in [0.3, 0.4) is 0 Å². The Kier molecular flexibility index (Phi) is 4.57. The monoisotopic (exact) mass is 390 g/mol. The lowest BCUT2D eigenvalue weighted by Crippen LogP contribution is -2.10. The minimum absolute atomic E-state index is 0.336. The normalized spacial score (nSPS) is 11.0. The number of hydrogen-bond donors (Lipinski definition) is 1. The molecule has 0 spiro atoms. The van der Waals surface area contributed by atoms with Crippen molar-refractivity contribution in [1.29, 1.82) is 0 Å². The molecule has 0 saturated heterocycles. The number of nitrogens with zero attached hydrogens (tertiary/aromatic N) is 1. The van der Waals surface area contributed by atoms with Crippen LogP contribution in [0.1, 0.15) is 15.9 Å². The summed E-state index contributed by atoms with van der Waals surface area (Å²) >= 11 is 6.25. The minimum Gasteiger partial charge on any atom is -0.366 e. The van der Waals surface area contributed by atoms with E-state index in [0.29, 0.717) is 10.6 Å². The molecular weight excluding hydrogens is 375 g/mol. The molecule has 1 amide bonds. The second kappa shape index (κ2) is 7.06. The van der Waals surface area contributed by atoms with Gasteiger partial charge in [-0.25, -0.2) is 4.39 Å². The van der Waals surface area contributed by atoms with Crippen LogP contribution in [0.15, 0.2) is 67.0 Å². The summed E-state index contributed by atoms with van der Waals surface area (Å²) in [6.45, 7) is 1.98. The van der Waals surface area contributed by atoms with Crippen LogP contribution >= 0.6 is 11.6 Å². The predicted molar refractivity (Wildman–Crippen MR) is 111 cm³/mol. The Bertz CT molecular complexity index is 1240. The predicted octanol–water partition coefficient (Wildman–Crippen LogP) is 5.77. The van der Waals surface area contributed by atoms with Gasteiger partial charge < -0.3 is 5.73 Å². The first-order valence-corrected chi connectivity index (χ1v) is 9.06. The van der Waals surface area contributed by atoms with Crippen LogP contribution in [0.5, 0.6) is 0 Å². The number of amides is 1. The van der Waals surface area contributed by atoms with E-state index in [-0.39, 0.29) is 5.82 Å². The zero-order valence-electron chi connectivity index (χ0n) is 15.0. The summed E-state index contributed by atoms with van der Waals surface area (Å²) in [4.78, 5) is 15.9. The Hall–Kier alpha value is -3.24. The molecule has 0 aliphatic heterocycles. The molecule has 0 aliphatic carbocycles. The fourth-order valence-corrected chi connectivity index (χ4v) is 3.62. The molecule has 0 unspecified atom stereocenters. The summed E-state index contributed by atoms with van der Waals surface area (Å²) in [5.41, 5.74) is 10.4. The molecule has 0 radical (unpaired) electrons. The van der Waals surface area contributed by atoms with Gasteiger partial charge in [0.2, 0.25) is 5.91 Å². The number of aromatic nitrogens is 1. The molecule has 0 atom stereocenters. The number of aryl methyl sites for hydroxylation is 1. The second-order valence-corrected chi connectivity index (χ2v) is 7.05. The summed E-state index contributed by atoms with van der Waals surface area (Å²) in [5, 5.41) is 2.21. The number of primary amides is 1. The third-order valence-electron chi connectivity index (χ3n) is 4.81. The molecule has 2 N–H and O–H groups in total. The zero-order chi connectivity index (χ0) is 19.8. The summed E-state index contributed by atoms with van der Waals surface area (Å²) in [5.74, 6) is -0.842. The molecule has 0 bridgehead atoms. The first kappa shape index (κ1) is 18.1. The largest absolute Gasteiger partial charge is 0.366 e. The number of halogens is 2. The molecule has 4 rings (SSSR count). The molecule has 0 aliphatic rings. The highest BCUT2D eigenvalue weighted by Crippen LogP contribution is 2.35. The number of carbonyl (C=O) groups excluding carboxylic acids is 1. The molecule has 3 aromatic carbocycles. The molecule has 0 saturated carbocycles. The molecule has 0 fully saturated rings. The second-order valence-electron chi connectivity index (χ2n) is 6.64.